The van der Waals surface area contributed by atoms with Crippen molar-refractivity contribution in [3.63, 3.8) is 0 Å². The third-order valence-electron chi connectivity index (χ3n) is 4.81. The van der Waals surface area contributed by atoms with Gasteiger partial charge in [0.25, 0.3) is 0 Å². The number of rotatable bonds is 3. The third-order valence-corrected chi connectivity index (χ3v) is 6.36. The summed E-state index contributed by atoms with van der Waals surface area (Å²) in [5.74, 6) is 1.32. The number of para-hydroxylation sites is 1. The van der Waals surface area contributed by atoms with Crippen LogP contribution in [0.4, 0.5) is 11.4 Å². The molecule has 2 aromatic carbocycles. The summed E-state index contributed by atoms with van der Waals surface area (Å²) in [5, 5.41) is 4.16. The van der Waals surface area contributed by atoms with Crippen LogP contribution in [0.5, 0.6) is 11.5 Å². The Balaban J connectivity index is 1.50. The van der Waals surface area contributed by atoms with E-state index in [9.17, 15) is 4.79 Å². The maximum atomic E-state index is 13.0. The highest BCUT2D eigenvalue weighted by atomic mass is 35.5. The van der Waals surface area contributed by atoms with Crippen molar-refractivity contribution in [2.45, 2.75) is 29.9 Å². The molecule has 2 aromatic rings. The molecular formula is C21H23ClN2O3S. The number of amides is 1. The zero-order valence-corrected chi connectivity index (χ0v) is 17.3. The second kappa shape index (κ2) is 8.53. The van der Waals surface area contributed by atoms with E-state index in [0.717, 1.165) is 23.4 Å². The first-order valence-electron chi connectivity index (χ1n) is 9.51. The lowest BCUT2D eigenvalue weighted by Gasteiger charge is -2.23. The molecule has 0 radical (unpaired) electrons. The Morgan fingerprint density at radius 2 is 2.00 bits per heavy atom. The fourth-order valence-electron chi connectivity index (χ4n) is 3.33. The minimum Gasteiger partial charge on any atom is -0.490 e. The van der Waals surface area contributed by atoms with Gasteiger partial charge >= 0.3 is 0 Å². The van der Waals surface area contributed by atoms with Crippen molar-refractivity contribution in [2.24, 2.45) is 0 Å². The highest BCUT2D eigenvalue weighted by molar-refractivity contribution is 8.00. The van der Waals surface area contributed by atoms with E-state index in [1.165, 1.54) is 0 Å². The molecule has 0 aromatic heterocycles. The fraction of sp³-hybridized carbons (Fsp3) is 0.381. The van der Waals surface area contributed by atoms with Crippen molar-refractivity contribution in [3.8, 4) is 11.5 Å². The van der Waals surface area contributed by atoms with Gasteiger partial charge in [0.1, 0.15) is 0 Å². The van der Waals surface area contributed by atoms with Crippen molar-refractivity contribution in [3.05, 3.63) is 41.4 Å². The van der Waals surface area contributed by atoms with Gasteiger partial charge in [0.05, 0.1) is 36.2 Å². The number of carbonyl (C=O) groups excluding carboxylic acids is 1. The topological polar surface area (TPSA) is 50.8 Å². The van der Waals surface area contributed by atoms with Gasteiger partial charge in [-0.15, -0.1) is 11.8 Å². The van der Waals surface area contributed by atoms with Crippen molar-refractivity contribution in [2.75, 3.05) is 36.5 Å². The van der Waals surface area contributed by atoms with Crippen LogP contribution in [0, 0.1) is 0 Å². The lowest BCUT2D eigenvalue weighted by molar-refractivity contribution is -0.117. The van der Waals surface area contributed by atoms with E-state index in [2.05, 4.69) is 18.3 Å². The van der Waals surface area contributed by atoms with Gasteiger partial charge in [-0.3, -0.25) is 4.79 Å². The van der Waals surface area contributed by atoms with Gasteiger partial charge in [-0.25, -0.2) is 0 Å². The molecule has 2 aliphatic rings. The number of nitrogens with zero attached hydrogens (tertiary/aromatic N) is 1. The van der Waals surface area contributed by atoms with Gasteiger partial charge in [0, 0.05) is 35.2 Å². The maximum Gasteiger partial charge on any atom is 0.246 e. The molecule has 5 nitrogen and oxygen atoms in total. The second-order valence-corrected chi connectivity index (χ2v) is 8.80. The number of carbonyl (C=O) groups is 1. The van der Waals surface area contributed by atoms with Crippen LogP contribution in [0.3, 0.4) is 0 Å². The lowest BCUT2D eigenvalue weighted by atomic mass is 10.2. The van der Waals surface area contributed by atoms with E-state index >= 15 is 0 Å². The van der Waals surface area contributed by atoms with Gasteiger partial charge in [0.2, 0.25) is 5.91 Å². The molecule has 0 saturated heterocycles. The Morgan fingerprint density at radius 1 is 1.25 bits per heavy atom. The van der Waals surface area contributed by atoms with Gasteiger partial charge in [-0.05, 0) is 18.6 Å². The molecule has 1 atom stereocenters. The standard InChI is InChI=1S/C21H23ClN2O3S/c1-14-7-8-24(17-5-2-3-6-20(17)28-14)21(25)13-23-16-12-19-18(11-15(16)22)26-9-4-10-27-19/h2-3,5-6,11-12,14,23H,4,7-10,13H2,1H3/t14-/m0/s1. The van der Waals surface area contributed by atoms with Crippen LogP contribution in [0.2, 0.25) is 5.02 Å². The van der Waals surface area contributed by atoms with E-state index in [1.54, 1.807) is 6.07 Å². The summed E-state index contributed by atoms with van der Waals surface area (Å²) < 4.78 is 11.4. The van der Waals surface area contributed by atoms with E-state index < -0.39 is 0 Å². The van der Waals surface area contributed by atoms with Crippen molar-refractivity contribution in [1.29, 1.82) is 0 Å². The van der Waals surface area contributed by atoms with Crippen molar-refractivity contribution < 1.29 is 14.3 Å². The number of hydrogen-bond acceptors (Lipinski definition) is 5. The van der Waals surface area contributed by atoms with E-state index in [1.807, 2.05) is 40.9 Å². The van der Waals surface area contributed by atoms with Crippen LogP contribution in [0.25, 0.3) is 0 Å². The number of benzene rings is 2. The number of thioether (sulfide) groups is 1. The van der Waals surface area contributed by atoms with E-state index in [0.29, 0.717) is 47.2 Å². The average Bonchev–Trinajstić information content (AvgIpc) is 3.01. The summed E-state index contributed by atoms with van der Waals surface area (Å²) in [7, 11) is 0. The minimum atomic E-state index is 0.0188. The molecule has 0 unspecified atom stereocenters. The molecule has 1 N–H and O–H groups in total. The van der Waals surface area contributed by atoms with Crippen LogP contribution < -0.4 is 19.7 Å². The number of halogens is 1. The Hall–Kier alpha value is -2.05. The zero-order chi connectivity index (χ0) is 19.5. The monoisotopic (exact) mass is 418 g/mol. The molecule has 0 spiro atoms. The quantitative estimate of drug-likeness (QED) is 0.773. The van der Waals surface area contributed by atoms with Crippen LogP contribution in [0.15, 0.2) is 41.3 Å². The molecule has 7 heteroatoms. The molecule has 28 heavy (non-hydrogen) atoms. The summed E-state index contributed by atoms with van der Waals surface area (Å²) in [6.45, 7) is 4.28. The normalized spacial score (nSPS) is 18.6. The molecule has 4 rings (SSSR count). The predicted molar refractivity (Wildman–Crippen MR) is 114 cm³/mol. The molecule has 0 aliphatic carbocycles. The number of anilines is 2. The van der Waals surface area contributed by atoms with Gasteiger partial charge in [-0.2, -0.15) is 0 Å². The summed E-state index contributed by atoms with van der Waals surface area (Å²) >= 11 is 8.21. The predicted octanol–water partition coefficient (Wildman–Crippen LogP) is 4.83. The molecular weight excluding hydrogens is 396 g/mol. The van der Waals surface area contributed by atoms with Crippen LogP contribution >= 0.6 is 23.4 Å². The highest BCUT2D eigenvalue weighted by Gasteiger charge is 2.24. The largest absolute Gasteiger partial charge is 0.490 e. The highest BCUT2D eigenvalue weighted by Crippen LogP contribution is 2.39. The zero-order valence-electron chi connectivity index (χ0n) is 15.7. The maximum absolute atomic E-state index is 13.0. The number of ether oxygens (including phenoxy) is 2. The summed E-state index contributed by atoms with van der Waals surface area (Å²) in [4.78, 5) is 16.0. The molecule has 2 aliphatic heterocycles. The Bertz CT molecular complexity index is 877. The van der Waals surface area contributed by atoms with Crippen LogP contribution in [0.1, 0.15) is 19.8 Å². The average molecular weight is 419 g/mol. The fourth-order valence-corrected chi connectivity index (χ4v) is 4.66. The van der Waals surface area contributed by atoms with Gasteiger partial charge in [-0.1, -0.05) is 30.7 Å². The Morgan fingerprint density at radius 3 is 2.82 bits per heavy atom. The van der Waals surface area contributed by atoms with Crippen molar-refractivity contribution in [1.82, 2.24) is 0 Å². The first kappa shape index (κ1) is 19.3. The summed E-state index contributed by atoms with van der Waals surface area (Å²) in [5.41, 5.74) is 1.65. The molecule has 2 heterocycles. The Labute approximate surface area is 174 Å². The van der Waals surface area contributed by atoms with E-state index in [4.69, 9.17) is 21.1 Å². The van der Waals surface area contributed by atoms with E-state index in [-0.39, 0.29) is 12.5 Å². The molecule has 0 bridgehead atoms. The summed E-state index contributed by atoms with van der Waals surface area (Å²) in [6, 6.07) is 11.6. The first-order chi connectivity index (χ1) is 13.6. The molecule has 1 amide bonds. The number of hydrogen-bond donors (Lipinski definition) is 1. The van der Waals surface area contributed by atoms with Gasteiger partial charge in [0.15, 0.2) is 11.5 Å². The van der Waals surface area contributed by atoms with Crippen molar-refractivity contribution >= 4 is 40.6 Å². The van der Waals surface area contributed by atoms with Crippen LogP contribution in [-0.4, -0.2) is 37.5 Å². The number of fused-ring (bicyclic) bond motifs is 2. The number of nitrogens with one attached hydrogen (secondary N) is 1. The first-order valence-corrected chi connectivity index (χ1v) is 10.8. The molecule has 0 fully saturated rings. The van der Waals surface area contributed by atoms with Gasteiger partial charge < -0.3 is 19.7 Å². The third kappa shape index (κ3) is 4.18. The smallest absolute Gasteiger partial charge is 0.246 e. The second-order valence-electron chi connectivity index (χ2n) is 6.91. The molecule has 148 valence electrons. The minimum absolute atomic E-state index is 0.0188. The Kier molecular flexibility index (Phi) is 5.87. The van der Waals surface area contributed by atoms with Crippen LogP contribution in [-0.2, 0) is 4.79 Å². The SMILES string of the molecule is C[C@H]1CCN(C(=O)CNc2cc3c(cc2Cl)OCCCO3)c2ccccc2S1. The lowest BCUT2D eigenvalue weighted by Crippen LogP contribution is -2.36. The molecule has 0 saturated carbocycles. The summed E-state index contributed by atoms with van der Waals surface area (Å²) in [6.07, 6.45) is 1.79.